The molecule has 0 aliphatic heterocycles. The largest absolute Gasteiger partial charge is 0.297 e. The summed E-state index contributed by atoms with van der Waals surface area (Å²) < 4.78 is 1.05. The summed E-state index contributed by atoms with van der Waals surface area (Å²) in [6, 6.07) is 3.93. The summed E-state index contributed by atoms with van der Waals surface area (Å²) >= 11 is 6.40. The number of aromatic nitrogens is 1. The monoisotopic (exact) mass is 287 g/mol. The third kappa shape index (κ3) is 1.80. The lowest BCUT2D eigenvalue weighted by molar-refractivity contribution is 0.112. The Morgan fingerprint density at radius 2 is 2.21 bits per heavy atom. The summed E-state index contributed by atoms with van der Waals surface area (Å²) in [4.78, 5) is 16.9. The molecule has 0 aliphatic rings. The van der Waals surface area contributed by atoms with Crippen molar-refractivity contribution in [2.24, 2.45) is 0 Å². The lowest BCUT2D eigenvalue weighted by Crippen LogP contribution is -1.78. The summed E-state index contributed by atoms with van der Waals surface area (Å²) in [6.45, 7) is 1.91. The molecule has 2 rings (SSSR count). The van der Waals surface area contributed by atoms with Gasteiger partial charge in [0.1, 0.15) is 5.69 Å². The molecule has 0 saturated carbocycles. The highest BCUT2D eigenvalue weighted by atomic mass is 79.9. The maximum absolute atomic E-state index is 10.8. The van der Waals surface area contributed by atoms with Crippen molar-refractivity contribution in [3.63, 3.8) is 0 Å². The van der Waals surface area contributed by atoms with Crippen molar-refractivity contribution in [2.75, 3.05) is 0 Å². The Kier molecular flexibility index (Phi) is 2.80. The first-order valence-electron chi connectivity index (χ1n) is 3.89. The Morgan fingerprint density at radius 3 is 2.79 bits per heavy atom. The van der Waals surface area contributed by atoms with Crippen molar-refractivity contribution < 1.29 is 4.79 Å². The van der Waals surface area contributed by atoms with Crippen LogP contribution in [0.3, 0.4) is 0 Å². The molecule has 2 aromatic heterocycles. The number of aryl methyl sites for hydroxylation is 1. The van der Waals surface area contributed by atoms with E-state index in [0.717, 1.165) is 25.7 Å². The van der Waals surface area contributed by atoms with Crippen LogP contribution in [0, 0.1) is 6.92 Å². The van der Waals surface area contributed by atoms with Gasteiger partial charge in [-0.3, -0.25) is 4.79 Å². The van der Waals surface area contributed by atoms with Crippen molar-refractivity contribution >= 4 is 44.9 Å². The van der Waals surface area contributed by atoms with Crippen LogP contribution in [0.25, 0.3) is 10.6 Å². The summed E-state index contributed by atoms with van der Waals surface area (Å²) in [6.07, 6.45) is 0.869. The number of nitrogens with zero attached hydrogens (tertiary/aromatic N) is 1. The average molecular weight is 288 g/mol. The van der Waals surface area contributed by atoms with Gasteiger partial charge in [0.2, 0.25) is 0 Å². The first-order valence-corrected chi connectivity index (χ1v) is 6.31. The molecular formula is C9H6BrNOS2. The molecule has 2 nitrogen and oxygen atoms in total. The number of thiophene rings is 1. The number of halogens is 1. The van der Waals surface area contributed by atoms with Gasteiger partial charge >= 0.3 is 0 Å². The van der Waals surface area contributed by atoms with Crippen LogP contribution in [-0.2, 0) is 0 Å². The van der Waals surface area contributed by atoms with Crippen molar-refractivity contribution in [3.05, 3.63) is 25.8 Å². The minimum absolute atomic E-state index is 0.705. The Labute approximate surface area is 97.7 Å². The first-order chi connectivity index (χ1) is 6.70. The van der Waals surface area contributed by atoms with Crippen LogP contribution >= 0.6 is 38.6 Å². The van der Waals surface area contributed by atoms with Crippen molar-refractivity contribution in [2.45, 2.75) is 6.92 Å². The summed E-state index contributed by atoms with van der Waals surface area (Å²) in [5, 5.41) is 0.923. The van der Waals surface area contributed by atoms with Gasteiger partial charge in [0, 0.05) is 0 Å². The number of carbonyl (C=O) groups excluding carboxylic acids is 1. The molecule has 5 heteroatoms. The Morgan fingerprint density at radius 1 is 1.43 bits per heavy atom. The number of hydrogen-bond donors (Lipinski definition) is 0. The molecule has 14 heavy (non-hydrogen) atoms. The van der Waals surface area contributed by atoms with Crippen LogP contribution in [0.5, 0.6) is 0 Å². The van der Waals surface area contributed by atoms with Crippen LogP contribution in [0.15, 0.2) is 15.9 Å². The van der Waals surface area contributed by atoms with E-state index in [1.807, 2.05) is 19.1 Å². The zero-order valence-electron chi connectivity index (χ0n) is 7.28. The van der Waals surface area contributed by atoms with Gasteiger partial charge in [-0.15, -0.1) is 22.7 Å². The van der Waals surface area contributed by atoms with Gasteiger partial charge in [-0.2, -0.15) is 0 Å². The van der Waals surface area contributed by atoms with Gasteiger partial charge in [0.05, 0.1) is 18.5 Å². The van der Waals surface area contributed by atoms with Crippen LogP contribution in [0.4, 0.5) is 0 Å². The minimum Gasteiger partial charge on any atom is -0.297 e. The molecule has 0 N–H and O–H groups in total. The normalized spacial score (nSPS) is 10.4. The maximum atomic E-state index is 10.8. The zero-order valence-corrected chi connectivity index (χ0v) is 10.5. The predicted octanol–water partition coefficient (Wildman–Crippen LogP) is 3.76. The first kappa shape index (κ1) is 10.0. The number of thiazole rings is 1. The number of hydrogen-bond acceptors (Lipinski definition) is 4. The summed E-state index contributed by atoms with van der Waals surface area (Å²) in [5.74, 6) is 0. The van der Waals surface area contributed by atoms with Crippen LogP contribution in [0.2, 0.25) is 0 Å². The quantitative estimate of drug-likeness (QED) is 0.788. The summed E-state index contributed by atoms with van der Waals surface area (Å²) in [7, 11) is 0. The van der Waals surface area contributed by atoms with Crippen molar-refractivity contribution in [1.82, 2.24) is 4.98 Å². The van der Waals surface area contributed by atoms with E-state index in [1.165, 1.54) is 11.3 Å². The fourth-order valence-electron chi connectivity index (χ4n) is 1.14. The second kappa shape index (κ2) is 3.92. The molecule has 0 fully saturated rings. The molecule has 72 valence electrons. The molecule has 2 aromatic rings. The van der Waals surface area contributed by atoms with Gasteiger partial charge in [-0.05, 0) is 35.0 Å². The van der Waals surface area contributed by atoms with E-state index >= 15 is 0 Å². The Hall–Kier alpha value is -0.520. The van der Waals surface area contributed by atoms with Gasteiger partial charge in [-0.25, -0.2) is 4.98 Å². The van der Waals surface area contributed by atoms with E-state index < -0.39 is 0 Å². The van der Waals surface area contributed by atoms with Gasteiger partial charge in [0.25, 0.3) is 0 Å². The van der Waals surface area contributed by atoms with Crippen molar-refractivity contribution in [3.8, 4) is 10.6 Å². The molecule has 0 bridgehead atoms. The van der Waals surface area contributed by atoms with Gasteiger partial charge < -0.3 is 0 Å². The number of aldehydes is 1. The van der Waals surface area contributed by atoms with E-state index in [4.69, 9.17) is 0 Å². The average Bonchev–Trinajstić information content (AvgIpc) is 2.71. The van der Waals surface area contributed by atoms with Crippen LogP contribution in [0.1, 0.15) is 14.7 Å². The van der Waals surface area contributed by atoms with E-state index in [-0.39, 0.29) is 0 Å². The second-order valence-corrected chi connectivity index (χ2v) is 6.37. The molecule has 0 unspecified atom stereocenters. The Balaban J connectivity index is 2.55. The molecule has 0 atom stereocenters. The SMILES string of the molecule is Cc1nc(-c2ccc(Br)s2)c(C=O)s1. The smallest absolute Gasteiger partial charge is 0.162 e. The molecule has 0 aliphatic carbocycles. The predicted molar refractivity (Wildman–Crippen MR) is 63.3 cm³/mol. The highest BCUT2D eigenvalue weighted by molar-refractivity contribution is 9.11. The molecular weight excluding hydrogens is 282 g/mol. The van der Waals surface area contributed by atoms with E-state index in [9.17, 15) is 4.79 Å². The third-order valence-electron chi connectivity index (χ3n) is 1.67. The molecule has 0 amide bonds. The van der Waals surface area contributed by atoms with Crippen molar-refractivity contribution in [1.29, 1.82) is 0 Å². The third-order valence-corrected chi connectivity index (χ3v) is 4.20. The molecule has 0 aromatic carbocycles. The lowest BCUT2D eigenvalue weighted by atomic mass is 10.3. The van der Waals surface area contributed by atoms with E-state index in [2.05, 4.69) is 20.9 Å². The molecule has 2 heterocycles. The van der Waals surface area contributed by atoms with E-state index in [1.54, 1.807) is 11.3 Å². The summed E-state index contributed by atoms with van der Waals surface area (Å²) in [5.41, 5.74) is 0.804. The standard InChI is InChI=1S/C9H6BrNOS2/c1-5-11-9(7(4-12)13-5)6-2-3-8(10)14-6/h2-4H,1H3. The molecule has 0 saturated heterocycles. The molecule has 0 spiro atoms. The molecule has 0 radical (unpaired) electrons. The van der Waals surface area contributed by atoms with Crippen LogP contribution < -0.4 is 0 Å². The number of rotatable bonds is 2. The minimum atomic E-state index is 0.705. The lowest BCUT2D eigenvalue weighted by Gasteiger charge is -1.89. The second-order valence-electron chi connectivity index (χ2n) is 2.67. The van der Waals surface area contributed by atoms with Gasteiger partial charge in [0.15, 0.2) is 6.29 Å². The highest BCUT2D eigenvalue weighted by Gasteiger charge is 2.11. The highest BCUT2D eigenvalue weighted by Crippen LogP contribution is 2.34. The Bertz CT molecular complexity index is 475. The maximum Gasteiger partial charge on any atom is 0.162 e. The fraction of sp³-hybridized carbons (Fsp3) is 0.111. The fourth-order valence-corrected chi connectivity index (χ4v) is 3.35. The van der Waals surface area contributed by atoms with Crippen LogP contribution in [-0.4, -0.2) is 11.3 Å². The zero-order chi connectivity index (χ0) is 10.1. The topological polar surface area (TPSA) is 30.0 Å². The number of carbonyl (C=O) groups is 1. The van der Waals surface area contributed by atoms with Gasteiger partial charge in [-0.1, -0.05) is 0 Å². The van der Waals surface area contributed by atoms with E-state index in [0.29, 0.717) is 4.88 Å².